The highest BCUT2D eigenvalue weighted by Gasteiger charge is 2.53. The molecule has 2 heterocycles. The number of benzene rings is 1. The van der Waals surface area contributed by atoms with Crippen LogP contribution in [-0.4, -0.2) is 54.0 Å². The first-order valence-corrected chi connectivity index (χ1v) is 12.8. The predicted molar refractivity (Wildman–Crippen MR) is 142 cm³/mol. The quantitative estimate of drug-likeness (QED) is 0.287. The second-order valence-corrected chi connectivity index (χ2v) is 10.1. The van der Waals surface area contributed by atoms with E-state index in [-0.39, 0.29) is 23.4 Å². The molecule has 11 nitrogen and oxygen atoms in total. The number of primary amides is 1. The van der Waals surface area contributed by atoms with E-state index in [1.54, 1.807) is 24.4 Å². The van der Waals surface area contributed by atoms with Crippen LogP contribution in [0.4, 0.5) is 17.2 Å². The number of carbonyl (C=O) groups excluding carboxylic acids is 2. The van der Waals surface area contributed by atoms with Gasteiger partial charge in [-0.25, -0.2) is 10.8 Å². The van der Waals surface area contributed by atoms with Gasteiger partial charge in [-0.2, -0.15) is 0 Å². The van der Waals surface area contributed by atoms with Crippen molar-refractivity contribution in [3.63, 3.8) is 0 Å². The van der Waals surface area contributed by atoms with Crippen molar-refractivity contribution in [2.45, 2.75) is 44.4 Å². The maximum Gasteiger partial charge on any atom is 0.252 e. The fraction of sp³-hybridized carbons (Fsp3) is 0.444. The molecule has 1 aromatic carbocycles. The number of amides is 2. The van der Waals surface area contributed by atoms with E-state index in [9.17, 15) is 9.59 Å². The summed E-state index contributed by atoms with van der Waals surface area (Å²) in [7, 11) is 1.56. The molecule has 1 unspecified atom stereocenters. The number of anilines is 3. The van der Waals surface area contributed by atoms with Gasteiger partial charge in [0.15, 0.2) is 5.79 Å². The molecule has 38 heavy (non-hydrogen) atoms. The number of nitrogens with one attached hydrogen (secondary N) is 2. The number of methoxy groups -OCH3 is 1. The second kappa shape index (κ2) is 10.6. The number of pyridine rings is 1. The summed E-state index contributed by atoms with van der Waals surface area (Å²) in [6.45, 7) is 3.27. The van der Waals surface area contributed by atoms with Gasteiger partial charge in [-0.1, -0.05) is 19.1 Å². The van der Waals surface area contributed by atoms with Crippen LogP contribution in [0.15, 0.2) is 36.7 Å². The Kier molecular flexibility index (Phi) is 7.24. The summed E-state index contributed by atoms with van der Waals surface area (Å²) < 4.78 is 17.3. The van der Waals surface area contributed by atoms with E-state index < -0.39 is 11.7 Å². The number of carbonyl (C=O) groups is 2. The number of rotatable bonds is 9. The van der Waals surface area contributed by atoms with Gasteiger partial charge in [0.2, 0.25) is 5.91 Å². The third-order valence-electron chi connectivity index (χ3n) is 7.52. The van der Waals surface area contributed by atoms with Gasteiger partial charge in [0.25, 0.3) is 5.91 Å². The Morgan fingerprint density at radius 3 is 2.63 bits per heavy atom. The van der Waals surface area contributed by atoms with Gasteiger partial charge < -0.3 is 35.6 Å². The Morgan fingerprint density at radius 2 is 2.00 bits per heavy atom. The van der Waals surface area contributed by atoms with E-state index in [0.717, 1.165) is 31.2 Å². The van der Waals surface area contributed by atoms with Crippen molar-refractivity contribution in [1.29, 1.82) is 0 Å². The van der Waals surface area contributed by atoms with Gasteiger partial charge in [0, 0.05) is 36.4 Å². The monoisotopic (exact) mass is 522 g/mol. The molecule has 5 rings (SSSR count). The molecule has 0 radical (unpaired) electrons. The zero-order valence-corrected chi connectivity index (χ0v) is 21.6. The highest BCUT2D eigenvalue weighted by atomic mass is 16.7. The van der Waals surface area contributed by atoms with Crippen LogP contribution < -0.4 is 26.9 Å². The number of nitrogens with zero attached hydrogens (tertiary/aromatic N) is 2. The minimum Gasteiger partial charge on any atom is -0.494 e. The molecule has 3 aliphatic rings. The second-order valence-electron chi connectivity index (χ2n) is 10.1. The van der Waals surface area contributed by atoms with E-state index in [4.69, 9.17) is 25.8 Å². The van der Waals surface area contributed by atoms with Crippen molar-refractivity contribution in [1.82, 2.24) is 9.99 Å². The number of hydrogen-bond acceptors (Lipinski definition) is 9. The average molecular weight is 523 g/mol. The summed E-state index contributed by atoms with van der Waals surface area (Å²) >= 11 is 0. The van der Waals surface area contributed by atoms with Crippen LogP contribution in [0.3, 0.4) is 0 Å². The SMILES string of the molecule is COc1c(/C=C/N(N)C2CCC23OCCO3)cccc1Nc1cc(NC(=O)[C@H]2C[C@H](C)C2)ncc1C(N)=O. The Balaban J connectivity index is 1.35. The molecule has 0 bridgehead atoms. The van der Waals surface area contributed by atoms with Crippen LogP contribution >= 0.6 is 0 Å². The molecule has 1 saturated heterocycles. The van der Waals surface area contributed by atoms with Crippen LogP contribution in [0.5, 0.6) is 5.75 Å². The third-order valence-corrected chi connectivity index (χ3v) is 7.52. The van der Waals surface area contributed by atoms with Crippen molar-refractivity contribution >= 4 is 35.1 Å². The summed E-state index contributed by atoms with van der Waals surface area (Å²) in [5.41, 5.74) is 7.54. The largest absolute Gasteiger partial charge is 0.494 e. The van der Waals surface area contributed by atoms with E-state index in [2.05, 4.69) is 22.5 Å². The lowest BCUT2D eigenvalue weighted by Crippen LogP contribution is -2.61. The summed E-state index contributed by atoms with van der Waals surface area (Å²) in [6.07, 6.45) is 8.38. The van der Waals surface area contributed by atoms with Gasteiger partial charge in [0.05, 0.1) is 43.3 Å². The van der Waals surface area contributed by atoms with Crippen molar-refractivity contribution in [3.05, 3.63) is 47.8 Å². The van der Waals surface area contributed by atoms with Crippen LogP contribution in [0, 0.1) is 11.8 Å². The number of para-hydroxylation sites is 1. The molecule has 1 aromatic heterocycles. The molecule has 2 amide bonds. The topological polar surface area (TPSA) is 154 Å². The smallest absolute Gasteiger partial charge is 0.252 e. The number of hydrazine groups is 1. The van der Waals surface area contributed by atoms with Crippen LogP contribution in [0.1, 0.15) is 48.5 Å². The molecule has 6 N–H and O–H groups in total. The minimum atomic E-state index is -0.648. The molecule has 3 fully saturated rings. The molecule has 2 aromatic rings. The molecule has 202 valence electrons. The van der Waals surface area contributed by atoms with E-state index in [1.807, 2.05) is 24.3 Å². The van der Waals surface area contributed by atoms with Gasteiger partial charge in [-0.3, -0.25) is 9.59 Å². The first-order valence-electron chi connectivity index (χ1n) is 12.8. The van der Waals surface area contributed by atoms with Crippen molar-refractivity contribution in [2.24, 2.45) is 23.4 Å². The van der Waals surface area contributed by atoms with E-state index in [0.29, 0.717) is 42.1 Å². The maximum absolute atomic E-state index is 12.5. The van der Waals surface area contributed by atoms with Crippen LogP contribution in [-0.2, 0) is 14.3 Å². The van der Waals surface area contributed by atoms with Gasteiger partial charge in [0.1, 0.15) is 11.6 Å². The standard InChI is InChI=1S/C27H34N6O5/c1-16-12-18(13-16)26(35)32-23-14-21(19(15-30-23)25(28)34)31-20-5-3-4-17(24(20)36-2)7-9-33(29)22-6-8-27(22)37-10-11-38-27/h3-5,7,9,14-16,18,22H,6,8,10-13,29H2,1-2H3,(H2,28,34)(H2,30,31,32,35)/b9-7+/t16-,18-,22?. The molecule has 1 atom stereocenters. The molecular weight excluding hydrogens is 488 g/mol. The fourth-order valence-electron chi connectivity index (χ4n) is 5.29. The first-order chi connectivity index (χ1) is 18.3. The number of aromatic nitrogens is 1. The Morgan fingerprint density at radius 1 is 1.24 bits per heavy atom. The fourth-order valence-corrected chi connectivity index (χ4v) is 5.29. The summed E-state index contributed by atoms with van der Waals surface area (Å²) in [6, 6.07) is 7.09. The van der Waals surface area contributed by atoms with Gasteiger partial charge in [-0.05, 0) is 37.3 Å². The lowest BCUT2D eigenvalue weighted by Gasteiger charge is -2.47. The van der Waals surface area contributed by atoms with Crippen molar-refractivity contribution in [2.75, 3.05) is 31.0 Å². The third kappa shape index (κ3) is 5.04. The number of nitrogens with two attached hydrogens (primary N) is 2. The average Bonchev–Trinajstić information content (AvgIpc) is 3.37. The van der Waals surface area contributed by atoms with Crippen LogP contribution in [0.2, 0.25) is 0 Å². The van der Waals surface area contributed by atoms with Gasteiger partial charge in [-0.15, -0.1) is 0 Å². The highest BCUT2D eigenvalue weighted by Crippen LogP contribution is 2.42. The molecule has 2 aliphatic carbocycles. The Bertz CT molecular complexity index is 1240. The van der Waals surface area contributed by atoms with E-state index >= 15 is 0 Å². The van der Waals surface area contributed by atoms with Crippen molar-refractivity contribution in [3.8, 4) is 5.75 Å². The normalized spacial score (nSPS) is 23.5. The Hall–Kier alpha value is -3.67. The summed E-state index contributed by atoms with van der Waals surface area (Å²) in [5, 5.41) is 7.69. The zero-order valence-electron chi connectivity index (χ0n) is 21.6. The zero-order chi connectivity index (χ0) is 26.9. The Labute approximate surface area is 221 Å². The highest BCUT2D eigenvalue weighted by molar-refractivity contribution is 6.00. The molecular formula is C27H34N6O5. The predicted octanol–water partition coefficient (Wildman–Crippen LogP) is 2.97. The molecule has 1 aliphatic heterocycles. The van der Waals surface area contributed by atoms with E-state index in [1.165, 1.54) is 6.20 Å². The molecule has 1 spiro atoms. The minimum absolute atomic E-state index is 0.0219. The summed E-state index contributed by atoms with van der Waals surface area (Å²) in [4.78, 5) is 28.9. The van der Waals surface area contributed by atoms with Gasteiger partial charge >= 0.3 is 0 Å². The number of hydrogen-bond donors (Lipinski definition) is 4. The first kappa shape index (κ1) is 26.0. The summed E-state index contributed by atoms with van der Waals surface area (Å²) in [5.74, 6) is 6.38. The lowest BCUT2D eigenvalue weighted by atomic mass is 9.76. The number of ether oxygens (including phenoxy) is 3. The van der Waals surface area contributed by atoms with Crippen LogP contribution in [0.25, 0.3) is 6.08 Å². The lowest BCUT2D eigenvalue weighted by molar-refractivity contribution is -0.247. The van der Waals surface area contributed by atoms with Crippen molar-refractivity contribution < 1.29 is 23.8 Å². The molecule has 2 saturated carbocycles. The maximum atomic E-state index is 12.5. The molecule has 11 heteroatoms.